The van der Waals surface area contributed by atoms with Crippen molar-refractivity contribution in [1.82, 2.24) is 10.6 Å². The Hall–Kier alpha value is -1.47. The highest BCUT2D eigenvalue weighted by molar-refractivity contribution is 5.87. The first-order valence-corrected chi connectivity index (χ1v) is 3.19. The van der Waals surface area contributed by atoms with Gasteiger partial charge in [-0.25, -0.2) is 9.59 Å². The maximum Gasteiger partial charge on any atom is 0.411 e. The Morgan fingerprint density at radius 1 is 1.38 bits per heavy atom. The lowest BCUT2D eigenvalue weighted by Crippen LogP contribution is -2.49. The molecule has 0 aliphatic carbocycles. The summed E-state index contributed by atoms with van der Waals surface area (Å²) >= 11 is 0. The largest absolute Gasteiger partial charge is 0.480 e. The predicted octanol–water partition coefficient (Wildman–Crippen LogP) is -0.317. The van der Waals surface area contributed by atoms with Crippen molar-refractivity contribution < 1.29 is 27.9 Å². The van der Waals surface area contributed by atoms with Gasteiger partial charge < -0.3 is 15.7 Å². The first-order valence-electron chi connectivity index (χ1n) is 3.19. The van der Waals surface area contributed by atoms with Gasteiger partial charge in [0.1, 0.15) is 0 Å². The molecule has 0 saturated carbocycles. The van der Waals surface area contributed by atoms with Crippen LogP contribution >= 0.6 is 0 Å². The molecule has 3 N–H and O–H groups in total. The molecule has 2 amide bonds. The van der Waals surface area contributed by atoms with Crippen molar-refractivity contribution in [3.8, 4) is 0 Å². The summed E-state index contributed by atoms with van der Waals surface area (Å²) < 4.78 is 36.1. The van der Waals surface area contributed by atoms with Crippen LogP contribution in [0.15, 0.2) is 0 Å². The summed E-state index contributed by atoms with van der Waals surface area (Å²) in [4.78, 5) is 20.7. The van der Waals surface area contributed by atoms with Crippen LogP contribution in [0.4, 0.5) is 18.0 Å². The van der Waals surface area contributed by atoms with Gasteiger partial charge in [-0.2, -0.15) is 13.2 Å². The van der Waals surface area contributed by atoms with Gasteiger partial charge in [-0.05, 0) is 0 Å². The molecule has 0 bridgehead atoms. The van der Waals surface area contributed by atoms with E-state index in [1.807, 2.05) is 0 Å². The molecule has 1 heterocycles. The lowest BCUT2D eigenvalue weighted by molar-refractivity contribution is -0.166. The van der Waals surface area contributed by atoms with Crippen LogP contribution in [0.2, 0.25) is 0 Å². The normalized spacial score (nSPS) is 28.1. The second kappa shape index (κ2) is 2.79. The Bertz CT molecular complexity index is 252. The molecule has 2 unspecified atom stereocenters. The second-order valence-corrected chi connectivity index (χ2v) is 2.45. The highest BCUT2D eigenvalue weighted by atomic mass is 19.4. The molecule has 1 rings (SSSR count). The van der Waals surface area contributed by atoms with Gasteiger partial charge in [-0.15, -0.1) is 0 Å². The summed E-state index contributed by atoms with van der Waals surface area (Å²) in [6, 6.07) is -5.44. The number of carboxylic acid groups (broad SMARTS) is 1. The van der Waals surface area contributed by atoms with E-state index >= 15 is 0 Å². The highest BCUT2D eigenvalue weighted by Gasteiger charge is 2.53. The van der Waals surface area contributed by atoms with E-state index in [1.165, 1.54) is 5.32 Å². The standard InChI is InChI=1S/C5H5F3N2O3/c6-5(7,8)2-1(3(11)12)9-4(13)10-2/h1-2H,(H,11,12)(H2,9,10,13). The average Bonchev–Trinajstić information content (AvgIpc) is 2.29. The summed E-state index contributed by atoms with van der Waals surface area (Å²) in [5, 5.41) is 11.4. The molecule has 5 nitrogen and oxygen atoms in total. The maximum atomic E-state index is 12.0. The van der Waals surface area contributed by atoms with Crippen molar-refractivity contribution in [2.45, 2.75) is 18.3 Å². The topological polar surface area (TPSA) is 78.4 Å². The smallest absolute Gasteiger partial charge is 0.411 e. The third-order valence-corrected chi connectivity index (χ3v) is 1.53. The van der Waals surface area contributed by atoms with Gasteiger partial charge in [-0.3, -0.25) is 0 Å². The molecule has 0 aromatic carbocycles. The molecule has 13 heavy (non-hydrogen) atoms. The van der Waals surface area contributed by atoms with Crippen molar-refractivity contribution in [2.75, 3.05) is 0 Å². The molecule has 8 heteroatoms. The van der Waals surface area contributed by atoms with Gasteiger partial charge in [0.15, 0.2) is 12.1 Å². The Balaban J connectivity index is 2.84. The van der Waals surface area contributed by atoms with E-state index in [1.54, 1.807) is 5.32 Å². The number of carbonyl (C=O) groups is 2. The van der Waals surface area contributed by atoms with Crippen LogP contribution in [-0.4, -0.2) is 35.4 Å². The minimum absolute atomic E-state index is 1.13. The first-order chi connectivity index (χ1) is 5.82. The van der Waals surface area contributed by atoms with Gasteiger partial charge in [0, 0.05) is 0 Å². The zero-order chi connectivity index (χ0) is 10.2. The summed E-state index contributed by atoms with van der Waals surface area (Å²) in [6.07, 6.45) is -4.76. The number of rotatable bonds is 1. The Kier molecular flexibility index (Phi) is 2.06. The number of nitrogens with one attached hydrogen (secondary N) is 2. The summed E-state index contributed by atoms with van der Waals surface area (Å²) in [7, 11) is 0. The van der Waals surface area contributed by atoms with E-state index in [-0.39, 0.29) is 0 Å². The zero-order valence-electron chi connectivity index (χ0n) is 6.05. The molecule has 2 atom stereocenters. The monoisotopic (exact) mass is 198 g/mol. The molecule has 1 saturated heterocycles. The third kappa shape index (κ3) is 1.82. The summed E-state index contributed by atoms with van der Waals surface area (Å²) in [6.45, 7) is 0. The van der Waals surface area contributed by atoms with Crippen LogP contribution in [0.25, 0.3) is 0 Å². The number of aliphatic carboxylic acids is 1. The number of urea groups is 1. The third-order valence-electron chi connectivity index (χ3n) is 1.53. The number of hydrogen-bond acceptors (Lipinski definition) is 2. The van der Waals surface area contributed by atoms with E-state index < -0.39 is 30.3 Å². The molecule has 0 radical (unpaired) electrons. The second-order valence-electron chi connectivity index (χ2n) is 2.45. The minimum Gasteiger partial charge on any atom is -0.480 e. The van der Waals surface area contributed by atoms with Gasteiger partial charge in [0.25, 0.3) is 0 Å². The lowest BCUT2D eigenvalue weighted by atomic mass is 10.1. The molecular weight excluding hydrogens is 193 g/mol. The first kappa shape index (κ1) is 9.62. The van der Waals surface area contributed by atoms with Crippen LogP contribution in [-0.2, 0) is 4.79 Å². The van der Waals surface area contributed by atoms with Crippen molar-refractivity contribution >= 4 is 12.0 Å². The molecule has 1 aliphatic heterocycles. The van der Waals surface area contributed by atoms with Crippen molar-refractivity contribution in [3.63, 3.8) is 0 Å². The maximum absolute atomic E-state index is 12.0. The van der Waals surface area contributed by atoms with Crippen LogP contribution < -0.4 is 10.6 Å². The van der Waals surface area contributed by atoms with Crippen LogP contribution in [0.1, 0.15) is 0 Å². The Morgan fingerprint density at radius 3 is 2.23 bits per heavy atom. The molecule has 1 fully saturated rings. The highest BCUT2D eigenvalue weighted by Crippen LogP contribution is 2.24. The number of hydrogen-bond donors (Lipinski definition) is 3. The predicted molar refractivity (Wildman–Crippen MR) is 32.9 cm³/mol. The molecular formula is C5H5F3N2O3. The molecule has 0 spiro atoms. The number of halogens is 3. The van der Waals surface area contributed by atoms with E-state index in [0.29, 0.717) is 0 Å². The molecule has 74 valence electrons. The average molecular weight is 198 g/mol. The van der Waals surface area contributed by atoms with Crippen LogP contribution in [0.5, 0.6) is 0 Å². The molecule has 1 aliphatic rings. The van der Waals surface area contributed by atoms with E-state index in [0.717, 1.165) is 0 Å². The van der Waals surface area contributed by atoms with E-state index in [4.69, 9.17) is 5.11 Å². The SMILES string of the molecule is O=C1NC(C(=O)O)C(C(F)(F)F)N1. The summed E-state index contributed by atoms with van der Waals surface area (Å²) in [5.41, 5.74) is 0. The van der Waals surface area contributed by atoms with Crippen molar-refractivity contribution in [3.05, 3.63) is 0 Å². The summed E-state index contributed by atoms with van der Waals surface area (Å²) in [5.74, 6) is -1.72. The van der Waals surface area contributed by atoms with Gasteiger partial charge in [-0.1, -0.05) is 0 Å². The van der Waals surface area contributed by atoms with Crippen molar-refractivity contribution in [1.29, 1.82) is 0 Å². The number of amides is 2. The van der Waals surface area contributed by atoms with Crippen LogP contribution in [0.3, 0.4) is 0 Å². The van der Waals surface area contributed by atoms with Crippen LogP contribution in [0, 0.1) is 0 Å². The fraction of sp³-hybridized carbons (Fsp3) is 0.600. The van der Waals surface area contributed by atoms with Gasteiger partial charge >= 0.3 is 18.2 Å². The minimum atomic E-state index is -4.76. The quantitative estimate of drug-likeness (QED) is 0.540. The van der Waals surface area contributed by atoms with E-state index in [2.05, 4.69) is 0 Å². The number of alkyl halides is 3. The molecule has 0 aromatic heterocycles. The molecule has 0 aromatic rings. The fourth-order valence-electron chi connectivity index (χ4n) is 0.966. The Labute approximate surface area is 69.9 Å². The van der Waals surface area contributed by atoms with Gasteiger partial charge in [0.2, 0.25) is 0 Å². The van der Waals surface area contributed by atoms with E-state index in [9.17, 15) is 22.8 Å². The van der Waals surface area contributed by atoms with Gasteiger partial charge in [0.05, 0.1) is 0 Å². The Morgan fingerprint density at radius 2 is 1.92 bits per heavy atom. The number of carbonyl (C=O) groups excluding carboxylic acids is 1. The number of carboxylic acids is 1. The fourth-order valence-corrected chi connectivity index (χ4v) is 0.966. The van der Waals surface area contributed by atoms with Crippen molar-refractivity contribution in [2.24, 2.45) is 0 Å². The lowest BCUT2D eigenvalue weighted by Gasteiger charge is -2.17. The zero-order valence-corrected chi connectivity index (χ0v) is 6.05.